The van der Waals surface area contributed by atoms with Crippen molar-refractivity contribution in [1.29, 1.82) is 0 Å². The molecule has 1 heterocycles. The van der Waals surface area contributed by atoms with E-state index >= 15 is 0 Å². The van der Waals surface area contributed by atoms with Crippen molar-refractivity contribution in [3.05, 3.63) is 12.0 Å². The molecule has 0 amide bonds. The van der Waals surface area contributed by atoms with Crippen molar-refractivity contribution >= 4 is 5.69 Å². The molecule has 1 rings (SSSR count). The van der Waals surface area contributed by atoms with Gasteiger partial charge in [-0.15, -0.1) is 0 Å². The molecule has 0 fully saturated rings. The largest absolute Gasteiger partial charge is 0.381 e. The number of aryl methyl sites for hydroxylation is 1. The topological polar surface area (TPSA) is 64.1 Å². The fourth-order valence-corrected chi connectivity index (χ4v) is 1.14. The Hall–Kier alpha value is -1.03. The maximum atomic E-state index is 5.39. The van der Waals surface area contributed by atoms with Crippen molar-refractivity contribution in [2.24, 2.45) is 5.73 Å². The number of nitrogens with zero attached hydrogens (tertiary/aromatic N) is 1. The molecule has 1 aromatic heterocycles. The van der Waals surface area contributed by atoms with Gasteiger partial charge in [0.05, 0.1) is 11.9 Å². The fraction of sp³-hybridized carbons (Fsp3) is 0.667. The predicted octanol–water partition coefficient (Wildman–Crippen LogP) is 1.39. The van der Waals surface area contributed by atoms with Crippen LogP contribution in [0, 0.1) is 0 Å². The lowest BCUT2D eigenvalue weighted by atomic mass is 10.2. The molecule has 1 aromatic rings. The van der Waals surface area contributed by atoms with E-state index in [1.54, 1.807) is 6.20 Å². The van der Waals surface area contributed by atoms with Gasteiger partial charge in [0.2, 0.25) is 0 Å². The highest BCUT2D eigenvalue weighted by molar-refractivity contribution is 5.44. The van der Waals surface area contributed by atoms with Crippen LogP contribution in [-0.4, -0.2) is 18.2 Å². The first kappa shape index (κ1) is 10.1. The van der Waals surface area contributed by atoms with Crippen molar-refractivity contribution in [2.45, 2.75) is 26.2 Å². The standard InChI is InChI=1S/C9H17N3O/c1-2-4-9-8(7-12-13-9)11-6-3-5-10/h7,11H,2-6,10H2,1H3. The van der Waals surface area contributed by atoms with Crippen LogP contribution in [0.5, 0.6) is 0 Å². The summed E-state index contributed by atoms with van der Waals surface area (Å²) in [4.78, 5) is 0. The lowest BCUT2D eigenvalue weighted by Gasteiger charge is -2.02. The molecule has 0 bridgehead atoms. The zero-order valence-electron chi connectivity index (χ0n) is 8.05. The highest BCUT2D eigenvalue weighted by Crippen LogP contribution is 2.15. The summed E-state index contributed by atoms with van der Waals surface area (Å²) >= 11 is 0. The van der Waals surface area contributed by atoms with E-state index < -0.39 is 0 Å². The molecule has 3 N–H and O–H groups in total. The first-order valence-electron chi connectivity index (χ1n) is 4.76. The van der Waals surface area contributed by atoms with Crippen molar-refractivity contribution in [2.75, 3.05) is 18.4 Å². The third-order valence-electron chi connectivity index (χ3n) is 1.82. The van der Waals surface area contributed by atoms with Gasteiger partial charge in [0.1, 0.15) is 0 Å². The van der Waals surface area contributed by atoms with Crippen LogP contribution in [-0.2, 0) is 6.42 Å². The fourth-order valence-electron chi connectivity index (χ4n) is 1.14. The Labute approximate surface area is 78.5 Å². The lowest BCUT2D eigenvalue weighted by Crippen LogP contribution is -2.08. The maximum absolute atomic E-state index is 5.39. The quantitative estimate of drug-likeness (QED) is 0.654. The predicted molar refractivity (Wildman–Crippen MR) is 52.7 cm³/mol. The van der Waals surface area contributed by atoms with Crippen LogP contribution in [0.2, 0.25) is 0 Å². The van der Waals surface area contributed by atoms with Crippen LogP contribution in [0.15, 0.2) is 10.7 Å². The number of nitrogens with two attached hydrogens (primary N) is 1. The highest BCUT2D eigenvalue weighted by atomic mass is 16.5. The van der Waals surface area contributed by atoms with Gasteiger partial charge < -0.3 is 15.6 Å². The first-order chi connectivity index (χ1) is 6.38. The molecule has 0 unspecified atom stereocenters. The van der Waals surface area contributed by atoms with Crippen LogP contribution in [0.1, 0.15) is 25.5 Å². The molecule has 0 aliphatic carbocycles. The van der Waals surface area contributed by atoms with Gasteiger partial charge in [-0.3, -0.25) is 0 Å². The van der Waals surface area contributed by atoms with Gasteiger partial charge in [-0.05, 0) is 19.4 Å². The number of anilines is 1. The van der Waals surface area contributed by atoms with Gasteiger partial charge in [-0.25, -0.2) is 0 Å². The lowest BCUT2D eigenvalue weighted by molar-refractivity contribution is 0.383. The number of rotatable bonds is 6. The second-order valence-corrected chi connectivity index (χ2v) is 2.98. The average Bonchev–Trinajstić information content (AvgIpc) is 2.54. The van der Waals surface area contributed by atoms with E-state index in [1.807, 2.05) is 0 Å². The number of hydrogen-bond acceptors (Lipinski definition) is 4. The molecule has 13 heavy (non-hydrogen) atoms. The van der Waals surface area contributed by atoms with E-state index in [2.05, 4.69) is 17.4 Å². The van der Waals surface area contributed by atoms with Crippen molar-refractivity contribution in [3.8, 4) is 0 Å². The van der Waals surface area contributed by atoms with Crippen molar-refractivity contribution in [3.63, 3.8) is 0 Å². The molecule has 0 aromatic carbocycles. The zero-order valence-corrected chi connectivity index (χ0v) is 8.05. The summed E-state index contributed by atoms with van der Waals surface area (Å²) in [7, 11) is 0. The van der Waals surface area contributed by atoms with Gasteiger partial charge >= 0.3 is 0 Å². The Kier molecular flexibility index (Phi) is 4.32. The summed E-state index contributed by atoms with van der Waals surface area (Å²) in [6.07, 6.45) is 4.70. The normalized spacial score (nSPS) is 10.3. The smallest absolute Gasteiger partial charge is 0.159 e. The zero-order chi connectivity index (χ0) is 9.52. The van der Waals surface area contributed by atoms with Gasteiger partial charge in [0.25, 0.3) is 0 Å². The second-order valence-electron chi connectivity index (χ2n) is 2.98. The summed E-state index contributed by atoms with van der Waals surface area (Å²) in [5.74, 6) is 0.944. The minimum atomic E-state index is 0.710. The Morgan fingerprint density at radius 1 is 1.62 bits per heavy atom. The SMILES string of the molecule is CCCc1oncc1NCCCN. The first-order valence-corrected chi connectivity index (χ1v) is 4.76. The Balaban J connectivity index is 2.40. The monoisotopic (exact) mass is 183 g/mol. The van der Waals surface area contributed by atoms with E-state index in [9.17, 15) is 0 Å². The van der Waals surface area contributed by atoms with Crippen LogP contribution in [0.4, 0.5) is 5.69 Å². The van der Waals surface area contributed by atoms with Crippen LogP contribution < -0.4 is 11.1 Å². The number of aromatic nitrogens is 1. The summed E-state index contributed by atoms with van der Waals surface area (Å²) in [6.45, 7) is 3.71. The number of nitrogens with one attached hydrogen (secondary N) is 1. The summed E-state index contributed by atoms with van der Waals surface area (Å²) in [5, 5.41) is 6.99. The molecular weight excluding hydrogens is 166 g/mol. The Morgan fingerprint density at radius 3 is 3.15 bits per heavy atom. The van der Waals surface area contributed by atoms with E-state index in [4.69, 9.17) is 10.3 Å². The summed E-state index contributed by atoms with van der Waals surface area (Å²) in [6, 6.07) is 0. The molecule has 0 spiro atoms. The average molecular weight is 183 g/mol. The summed E-state index contributed by atoms with van der Waals surface area (Å²) in [5.41, 5.74) is 6.40. The van der Waals surface area contributed by atoms with Crippen LogP contribution >= 0.6 is 0 Å². The van der Waals surface area contributed by atoms with Crippen molar-refractivity contribution in [1.82, 2.24) is 5.16 Å². The Bertz CT molecular complexity index is 235. The van der Waals surface area contributed by atoms with E-state index in [0.717, 1.165) is 37.3 Å². The third-order valence-corrected chi connectivity index (χ3v) is 1.82. The van der Waals surface area contributed by atoms with Gasteiger partial charge in [-0.2, -0.15) is 0 Å². The minimum absolute atomic E-state index is 0.710. The van der Waals surface area contributed by atoms with E-state index in [-0.39, 0.29) is 0 Å². The molecule has 0 saturated carbocycles. The van der Waals surface area contributed by atoms with Crippen LogP contribution in [0.3, 0.4) is 0 Å². The molecule has 0 atom stereocenters. The van der Waals surface area contributed by atoms with Crippen molar-refractivity contribution < 1.29 is 4.52 Å². The maximum Gasteiger partial charge on any atom is 0.159 e. The van der Waals surface area contributed by atoms with Crippen LogP contribution in [0.25, 0.3) is 0 Å². The molecule has 0 saturated heterocycles. The van der Waals surface area contributed by atoms with Gasteiger partial charge in [-0.1, -0.05) is 12.1 Å². The molecule has 4 nitrogen and oxygen atoms in total. The summed E-state index contributed by atoms with van der Waals surface area (Å²) < 4.78 is 5.09. The minimum Gasteiger partial charge on any atom is -0.381 e. The number of hydrogen-bond donors (Lipinski definition) is 2. The second kappa shape index (κ2) is 5.59. The molecule has 0 radical (unpaired) electrons. The van der Waals surface area contributed by atoms with Gasteiger partial charge in [0, 0.05) is 13.0 Å². The molecule has 0 aliphatic heterocycles. The molecule has 0 aliphatic rings. The molecular formula is C9H17N3O. The van der Waals surface area contributed by atoms with E-state index in [0.29, 0.717) is 6.54 Å². The molecule has 4 heteroatoms. The van der Waals surface area contributed by atoms with Gasteiger partial charge in [0.15, 0.2) is 5.76 Å². The third kappa shape index (κ3) is 3.06. The Morgan fingerprint density at radius 2 is 2.46 bits per heavy atom. The van der Waals surface area contributed by atoms with E-state index in [1.165, 1.54) is 0 Å². The molecule has 74 valence electrons. The highest BCUT2D eigenvalue weighted by Gasteiger charge is 2.05.